The number of aliphatic hydroxyl groups excluding tert-OH is 2. The molecule has 5 atom stereocenters. The predicted molar refractivity (Wildman–Crippen MR) is 151 cm³/mol. The number of ether oxygens (including phenoxy) is 3. The first kappa shape index (κ1) is 29.5. The molecular weight excluding hydrogens is 546 g/mol. The van der Waals surface area contributed by atoms with Gasteiger partial charge in [-0.2, -0.15) is 0 Å². The third-order valence-electron chi connectivity index (χ3n) is 7.68. The number of methoxy groups -OCH3 is 1. The Hall–Kier alpha value is -4.01. The summed E-state index contributed by atoms with van der Waals surface area (Å²) in [5.41, 5.74) is 1.71. The monoisotopic (exact) mass is 583 g/mol. The van der Waals surface area contributed by atoms with Crippen molar-refractivity contribution in [2.24, 2.45) is 0 Å². The van der Waals surface area contributed by atoms with Gasteiger partial charge >= 0.3 is 6.09 Å². The van der Waals surface area contributed by atoms with Crippen LogP contribution in [0.4, 0.5) is 10.6 Å². The molecule has 226 valence electrons. The lowest BCUT2D eigenvalue weighted by Gasteiger charge is -2.25. The molecule has 2 aliphatic rings. The van der Waals surface area contributed by atoms with Gasteiger partial charge in [-0.25, -0.2) is 19.7 Å². The van der Waals surface area contributed by atoms with E-state index in [1.807, 2.05) is 14.1 Å². The van der Waals surface area contributed by atoms with E-state index in [9.17, 15) is 19.8 Å². The number of imidazole rings is 1. The SMILES string of the molecule is COc1ccc(C[C@H](NC(=O)OC2CCCC2)C(=O)N[C@H]2[C@@H](O)[C@H](n3cnc4c(N(C)C)ncnc43)O[C@@H]2CO)cc1. The number of rotatable bonds is 10. The van der Waals surface area contributed by atoms with E-state index in [-0.39, 0.29) is 12.5 Å². The number of aliphatic hydroxyl groups is 2. The van der Waals surface area contributed by atoms with Gasteiger partial charge < -0.3 is 40.0 Å². The van der Waals surface area contributed by atoms with E-state index in [1.54, 1.807) is 40.8 Å². The molecule has 1 aliphatic carbocycles. The second-order valence-corrected chi connectivity index (χ2v) is 10.7. The summed E-state index contributed by atoms with van der Waals surface area (Å²) in [7, 11) is 5.22. The topological polar surface area (TPSA) is 173 Å². The number of hydrogen-bond donors (Lipinski definition) is 4. The molecule has 5 rings (SSSR count). The third kappa shape index (κ3) is 6.25. The summed E-state index contributed by atoms with van der Waals surface area (Å²) < 4.78 is 18.3. The van der Waals surface area contributed by atoms with Crippen LogP contribution in [0.3, 0.4) is 0 Å². The number of benzene rings is 1. The molecule has 0 bridgehead atoms. The minimum atomic E-state index is -1.27. The number of anilines is 1. The molecule has 2 amide bonds. The van der Waals surface area contributed by atoms with Gasteiger partial charge in [0.15, 0.2) is 23.2 Å². The Morgan fingerprint density at radius 2 is 1.90 bits per heavy atom. The fourth-order valence-electron chi connectivity index (χ4n) is 5.46. The van der Waals surface area contributed by atoms with Crippen molar-refractivity contribution in [3.8, 4) is 5.75 Å². The molecule has 1 saturated heterocycles. The number of nitrogens with one attached hydrogen (secondary N) is 2. The van der Waals surface area contributed by atoms with Gasteiger partial charge in [0.25, 0.3) is 0 Å². The minimum absolute atomic E-state index is 0.156. The molecule has 4 N–H and O–H groups in total. The highest BCUT2D eigenvalue weighted by atomic mass is 16.6. The molecule has 0 unspecified atom stereocenters. The smallest absolute Gasteiger partial charge is 0.408 e. The molecule has 1 aromatic carbocycles. The number of carbonyl (C=O) groups is 2. The largest absolute Gasteiger partial charge is 0.497 e. The molecule has 2 aromatic heterocycles. The van der Waals surface area contributed by atoms with Gasteiger partial charge in [-0.1, -0.05) is 12.1 Å². The zero-order valence-corrected chi connectivity index (χ0v) is 23.8. The summed E-state index contributed by atoms with van der Waals surface area (Å²) in [5, 5.41) is 26.9. The van der Waals surface area contributed by atoms with Gasteiger partial charge in [0.1, 0.15) is 36.4 Å². The van der Waals surface area contributed by atoms with E-state index in [2.05, 4.69) is 25.6 Å². The summed E-state index contributed by atoms with van der Waals surface area (Å²) in [4.78, 5) is 41.2. The van der Waals surface area contributed by atoms with Gasteiger partial charge in [-0.05, 0) is 43.4 Å². The Labute approximate surface area is 243 Å². The van der Waals surface area contributed by atoms with Crippen molar-refractivity contribution in [1.82, 2.24) is 30.2 Å². The van der Waals surface area contributed by atoms with Gasteiger partial charge in [-0.15, -0.1) is 0 Å². The number of aromatic nitrogens is 4. The van der Waals surface area contributed by atoms with Gasteiger partial charge in [0, 0.05) is 20.5 Å². The number of amides is 2. The number of hydrogen-bond acceptors (Lipinski definition) is 11. The van der Waals surface area contributed by atoms with Gasteiger partial charge in [0.2, 0.25) is 5.91 Å². The highest BCUT2D eigenvalue weighted by Gasteiger charge is 2.46. The van der Waals surface area contributed by atoms with Crippen molar-refractivity contribution < 1.29 is 34.0 Å². The Bertz CT molecular complexity index is 1380. The minimum Gasteiger partial charge on any atom is -0.497 e. The molecule has 2 fully saturated rings. The van der Waals surface area contributed by atoms with Crippen molar-refractivity contribution in [2.75, 3.05) is 32.7 Å². The molecule has 3 heterocycles. The normalized spacial score (nSPS) is 23.1. The average Bonchev–Trinajstić information content (AvgIpc) is 3.72. The third-order valence-corrected chi connectivity index (χ3v) is 7.68. The molecule has 14 heteroatoms. The maximum atomic E-state index is 13.6. The predicted octanol–water partition coefficient (Wildman–Crippen LogP) is 0.916. The van der Waals surface area contributed by atoms with E-state index in [1.165, 1.54) is 12.7 Å². The maximum Gasteiger partial charge on any atom is 0.408 e. The first-order chi connectivity index (χ1) is 20.3. The van der Waals surface area contributed by atoms with Crippen molar-refractivity contribution in [2.45, 2.75) is 68.7 Å². The lowest BCUT2D eigenvalue weighted by atomic mass is 10.0. The van der Waals surface area contributed by atoms with Crippen molar-refractivity contribution in [3.05, 3.63) is 42.5 Å². The van der Waals surface area contributed by atoms with Crippen LogP contribution in [-0.2, 0) is 20.7 Å². The van der Waals surface area contributed by atoms with Crippen LogP contribution in [0.1, 0.15) is 37.5 Å². The Balaban J connectivity index is 1.34. The molecule has 3 aromatic rings. The van der Waals surface area contributed by atoms with Crippen molar-refractivity contribution >= 4 is 29.0 Å². The van der Waals surface area contributed by atoms with Crippen LogP contribution in [0, 0.1) is 0 Å². The molecule has 14 nitrogen and oxygen atoms in total. The highest BCUT2D eigenvalue weighted by Crippen LogP contribution is 2.32. The Morgan fingerprint density at radius 1 is 1.17 bits per heavy atom. The van der Waals surface area contributed by atoms with Crippen LogP contribution in [-0.4, -0.2) is 99.9 Å². The second-order valence-electron chi connectivity index (χ2n) is 10.7. The lowest BCUT2D eigenvalue weighted by molar-refractivity contribution is -0.125. The van der Waals surface area contributed by atoms with Crippen molar-refractivity contribution in [1.29, 1.82) is 0 Å². The zero-order valence-electron chi connectivity index (χ0n) is 23.8. The van der Waals surface area contributed by atoms with Crippen LogP contribution in [0.2, 0.25) is 0 Å². The zero-order chi connectivity index (χ0) is 29.8. The number of carbonyl (C=O) groups excluding carboxylic acids is 2. The lowest BCUT2D eigenvalue weighted by Crippen LogP contribution is -2.55. The molecule has 1 saturated carbocycles. The van der Waals surface area contributed by atoms with E-state index >= 15 is 0 Å². The standard InChI is InChI=1S/C28H37N7O7/c1-34(2)24-22-25(30-14-29-24)35(15-31-22)27-23(37)21(20(13-36)42-27)33-26(38)19(12-16-8-10-17(40-3)11-9-16)32-28(39)41-18-6-4-5-7-18/h8-11,14-15,18-21,23,27,36-37H,4-7,12-13H2,1-3H3,(H,32,39)(H,33,38)/t19-,20+,21+,23+,27+/m0/s1. The van der Waals surface area contributed by atoms with E-state index in [0.717, 1.165) is 31.2 Å². The van der Waals surface area contributed by atoms with E-state index in [0.29, 0.717) is 22.7 Å². The van der Waals surface area contributed by atoms with Crippen molar-refractivity contribution in [3.63, 3.8) is 0 Å². The molecular formula is C28H37N7O7. The summed E-state index contributed by atoms with van der Waals surface area (Å²) >= 11 is 0. The second kappa shape index (κ2) is 12.9. The van der Waals surface area contributed by atoms with Gasteiger partial charge in [-0.3, -0.25) is 9.36 Å². The van der Waals surface area contributed by atoms with E-state index in [4.69, 9.17) is 14.2 Å². The average molecular weight is 584 g/mol. The highest BCUT2D eigenvalue weighted by molar-refractivity contribution is 5.86. The van der Waals surface area contributed by atoms with Crippen LogP contribution in [0.5, 0.6) is 5.75 Å². The quantitative estimate of drug-likeness (QED) is 0.267. The molecule has 0 spiro atoms. The number of nitrogens with zero attached hydrogens (tertiary/aromatic N) is 5. The van der Waals surface area contributed by atoms with E-state index < -0.39 is 49.1 Å². The van der Waals surface area contributed by atoms with Crippen LogP contribution < -0.4 is 20.3 Å². The molecule has 1 aliphatic heterocycles. The maximum absolute atomic E-state index is 13.6. The first-order valence-corrected chi connectivity index (χ1v) is 14.0. The number of alkyl carbamates (subject to hydrolysis) is 1. The summed E-state index contributed by atoms with van der Waals surface area (Å²) in [6.45, 7) is -0.469. The Morgan fingerprint density at radius 3 is 2.57 bits per heavy atom. The first-order valence-electron chi connectivity index (χ1n) is 14.0. The molecule has 0 radical (unpaired) electrons. The van der Waals surface area contributed by atoms with Gasteiger partial charge in [0.05, 0.1) is 26.1 Å². The Kier molecular flexibility index (Phi) is 9.04. The van der Waals surface area contributed by atoms with Crippen LogP contribution in [0.15, 0.2) is 36.9 Å². The number of fused-ring (bicyclic) bond motifs is 1. The van der Waals surface area contributed by atoms with Crippen LogP contribution >= 0.6 is 0 Å². The van der Waals surface area contributed by atoms with Crippen LogP contribution in [0.25, 0.3) is 11.2 Å². The summed E-state index contributed by atoms with van der Waals surface area (Å²) in [6, 6.07) is 5.12. The molecule has 42 heavy (non-hydrogen) atoms. The summed E-state index contributed by atoms with van der Waals surface area (Å²) in [6.07, 6.45) is 2.52. The fourth-order valence-corrected chi connectivity index (χ4v) is 5.46. The summed E-state index contributed by atoms with van der Waals surface area (Å²) in [5.74, 6) is 0.687. The fraction of sp³-hybridized carbons (Fsp3) is 0.536.